The van der Waals surface area contributed by atoms with Crippen LogP contribution in [-0.4, -0.2) is 24.5 Å². The number of hydrogen-bond donors (Lipinski definition) is 2. The van der Waals surface area contributed by atoms with Gasteiger partial charge in [0.1, 0.15) is 0 Å². The summed E-state index contributed by atoms with van der Waals surface area (Å²) >= 11 is 1.21. The smallest absolute Gasteiger partial charge is 0.335 e. The molecule has 20 heavy (non-hydrogen) atoms. The number of nitrogens with one attached hydrogen (secondary N) is 1. The summed E-state index contributed by atoms with van der Waals surface area (Å²) in [7, 11) is -3.85. The summed E-state index contributed by atoms with van der Waals surface area (Å²) in [6, 6.07) is 4.13. The van der Waals surface area contributed by atoms with E-state index in [1.165, 1.54) is 36.5 Å². The van der Waals surface area contributed by atoms with Crippen molar-refractivity contribution in [2.24, 2.45) is 0 Å². The van der Waals surface area contributed by atoms with E-state index in [1.807, 2.05) is 6.92 Å². The van der Waals surface area contributed by atoms with Gasteiger partial charge in [0, 0.05) is 11.1 Å². The number of carboxylic acids is 1. The molecular weight excluding hydrogens is 300 g/mol. The number of hydrogen-bond acceptors (Lipinski definition) is 5. The molecule has 0 amide bonds. The molecule has 0 unspecified atom stereocenters. The van der Waals surface area contributed by atoms with Gasteiger partial charge in [-0.2, -0.15) is 0 Å². The fourth-order valence-electron chi connectivity index (χ4n) is 1.71. The maximum absolute atomic E-state index is 12.3. The minimum atomic E-state index is -3.85. The zero-order chi connectivity index (χ0) is 14.9. The van der Waals surface area contributed by atoms with Gasteiger partial charge in [-0.15, -0.1) is 11.3 Å². The number of aromatic carboxylic acids is 1. The van der Waals surface area contributed by atoms with Crippen molar-refractivity contribution >= 4 is 32.5 Å². The summed E-state index contributed by atoms with van der Waals surface area (Å²) < 4.78 is 26.9. The van der Waals surface area contributed by atoms with Gasteiger partial charge in [-0.3, -0.25) is 4.72 Å². The zero-order valence-electron chi connectivity index (χ0n) is 10.7. The van der Waals surface area contributed by atoms with Crippen LogP contribution in [0.2, 0.25) is 0 Å². The molecule has 0 radical (unpaired) electrons. The van der Waals surface area contributed by atoms with E-state index in [-0.39, 0.29) is 21.2 Å². The molecule has 106 valence electrons. The molecule has 0 spiro atoms. The van der Waals surface area contributed by atoms with Gasteiger partial charge in [0.2, 0.25) is 0 Å². The molecule has 0 saturated heterocycles. The molecule has 1 aromatic carbocycles. The molecule has 6 nitrogen and oxygen atoms in total. The maximum Gasteiger partial charge on any atom is 0.335 e. The summed E-state index contributed by atoms with van der Waals surface area (Å²) in [6.45, 7) is 3.27. The molecule has 0 bridgehead atoms. The van der Waals surface area contributed by atoms with E-state index >= 15 is 0 Å². The predicted molar refractivity (Wildman–Crippen MR) is 75.8 cm³/mol. The third kappa shape index (κ3) is 2.81. The summed E-state index contributed by atoms with van der Waals surface area (Å²) in [6.07, 6.45) is 1.56. The zero-order valence-corrected chi connectivity index (χ0v) is 12.4. The molecule has 2 aromatic rings. The van der Waals surface area contributed by atoms with Gasteiger partial charge in [-0.05, 0) is 31.5 Å². The van der Waals surface area contributed by atoms with Crippen molar-refractivity contribution in [1.29, 1.82) is 0 Å². The molecule has 0 atom stereocenters. The first-order chi connectivity index (χ1) is 9.31. The first kappa shape index (κ1) is 14.5. The van der Waals surface area contributed by atoms with Crippen molar-refractivity contribution in [3.63, 3.8) is 0 Å². The van der Waals surface area contributed by atoms with Crippen LogP contribution in [0.5, 0.6) is 0 Å². The van der Waals surface area contributed by atoms with Gasteiger partial charge >= 0.3 is 5.97 Å². The fraction of sp³-hybridized carbons (Fsp3) is 0.167. The van der Waals surface area contributed by atoms with Crippen molar-refractivity contribution in [2.45, 2.75) is 18.7 Å². The van der Waals surface area contributed by atoms with Crippen LogP contribution in [0.4, 0.5) is 5.13 Å². The van der Waals surface area contributed by atoms with Crippen molar-refractivity contribution in [3.05, 3.63) is 40.4 Å². The van der Waals surface area contributed by atoms with Crippen molar-refractivity contribution < 1.29 is 18.3 Å². The van der Waals surface area contributed by atoms with Gasteiger partial charge in [-0.25, -0.2) is 18.2 Å². The quantitative estimate of drug-likeness (QED) is 0.902. The highest BCUT2D eigenvalue weighted by Gasteiger charge is 2.21. The van der Waals surface area contributed by atoms with E-state index in [0.29, 0.717) is 0 Å². The molecule has 2 rings (SSSR count). The van der Waals surface area contributed by atoms with Crippen molar-refractivity contribution in [3.8, 4) is 0 Å². The van der Waals surface area contributed by atoms with E-state index in [0.717, 1.165) is 4.88 Å². The number of thiazole rings is 1. The third-order valence-electron chi connectivity index (χ3n) is 2.65. The number of anilines is 1. The molecule has 0 saturated carbocycles. The Morgan fingerprint density at radius 1 is 1.35 bits per heavy atom. The largest absolute Gasteiger partial charge is 0.478 e. The van der Waals surface area contributed by atoms with Crippen LogP contribution in [0.15, 0.2) is 29.3 Å². The van der Waals surface area contributed by atoms with Crippen LogP contribution in [-0.2, 0) is 10.0 Å². The van der Waals surface area contributed by atoms with Gasteiger partial charge in [0.15, 0.2) is 5.13 Å². The second-order valence-electron chi connectivity index (χ2n) is 4.12. The first-order valence-electron chi connectivity index (χ1n) is 5.59. The molecule has 8 heteroatoms. The van der Waals surface area contributed by atoms with Crippen LogP contribution in [0.3, 0.4) is 0 Å². The number of aromatic nitrogens is 1. The number of sulfonamides is 1. The Bertz CT molecular complexity index is 766. The van der Waals surface area contributed by atoms with E-state index in [9.17, 15) is 13.2 Å². The molecule has 1 heterocycles. The maximum atomic E-state index is 12.3. The summed E-state index contributed by atoms with van der Waals surface area (Å²) in [5.41, 5.74) is 0.156. The van der Waals surface area contributed by atoms with E-state index in [1.54, 1.807) is 6.20 Å². The second kappa shape index (κ2) is 5.22. The van der Waals surface area contributed by atoms with Crippen molar-refractivity contribution in [1.82, 2.24) is 4.98 Å². The minimum Gasteiger partial charge on any atom is -0.478 e. The standard InChI is InChI=1S/C12H12N2O4S2/c1-7-6-13-12(19-7)14-20(17,18)10-5-3-4-9(8(10)2)11(15)16/h3-6H,1-2H3,(H,13,14)(H,15,16). The lowest BCUT2D eigenvalue weighted by Crippen LogP contribution is -2.15. The number of nitrogens with zero attached hydrogens (tertiary/aromatic N) is 1. The highest BCUT2D eigenvalue weighted by atomic mass is 32.2. The molecule has 0 aliphatic rings. The topological polar surface area (TPSA) is 96.4 Å². The van der Waals surface area contributed by atoms with E-state index < -0.39 is 16.0 Å². The number of benzene rings is 1. The normalized spacial score (nSPS) is 11.3. The first-order valence-corrected chi connectivity index (χ1v) is 7.89. The average Bonchev–Trinajstić information content (AvgIpc) is 2.73. The summed E-state index contributed by atoms with van der Waals surface area (Å²) in [5.74, 6) is -1.16. The predicted octanol–water partition coefficient (Wildman–Crippen LogP) is 2.26. The third-order valence-corrected chi connectivity index (χ3v) is 5.09. The van der Waals surface area contributed by atoms with Crippen molar-refractivity contribution in [2.75, 3.05) is 4.72 Å². The van der Waals surface area contributed by atoms with Gasteiger partial charge in [-0.1, -0.05) is 6.07 Å². The molecule has 0 aliphatic heterocycles. The van der Waals surface area contributed by atoms with Crippen LogP contribution in [0.25, 0.3) is 0 Å². The molecule has 1 aromatic heterocycles. The van der Waals surface area contributed by atoms with Crippen LogP contribution < -0.4 is 4.72 Å². The number of aryl methyl sites for hydroxylation is 1. The van der Waals surface area contributed by atoms with E-state index in [4.69, 9.17) is 5.11 Å². The van der Waals surface area contributed by atoms with Gasteiger partial charge in [0.05, 0.1) is 10.5 Å². The van der Waals surface area contributed by atoms with Crippen LogP contribution in [0.1, 0.15) is 20.8 Å². The lowest BCUT2D eigenvalue weighted by atomic mass is 10.1. The highest BCUT2D eigenvalue weighted by molar-refractivity contribution is 7.93. The highest BCUT2D eigenvalue weighted by Crippen LogP contribution is 2.24. The average molecular weight is 312 g/mol. The Labute approximate surface area is 120 Å². The monoisotopic (exact) mass is 312 g/mol. The molecule has 0 aliphatic carbocycles. The summed E-state index contributed by atoms with van der Waals surface area (Å²) in [4.78, 5) is 15.8. The Morgan fingerprint density at radius 2 is 2.05 bits per heavy atom. The second-order valence-corrected chi connectivity index (χ2v) is 7.00. The number of rotatable bonds is 4. The minimum absolute atomic E-state index is 0.0387. The van der Waals surface area contributed by atoms with Gasteiger partial charge in [0.25, 0.3) is 10.0 Å². The lowest BCUT2D eigenvalue weighted by Gasteiger charge is -2.10. The molecular formula is C12H12N2O4S2. The Morgan fingerprint density at radius 3 is 2.60 bits per heavy atom. The number of carbonyl (C=O) groups is 1. The Kier molecular flexibility index (Phi) is 3.78. The Hall–Kier alpha value is -1.93. The van der Waals surface area contributed by atoms with Gasteiger partial charge < -0.3 is 5.11 Å². The Balaban J connectivity index is 2.44. The fourth-order valence-corrected chi connectivity index (χ4v) is 3.88. The van der Waals surface area contributed by atoms with E-state index in [2.05, 4.69) is 9.71 Å². The van der Waals surface area contributed by atoms with Crippen LogP contribution in [0, 0.1) is 13.8 Å². The lowest BCUT2D eigenvalue weighted by molar-refractivity contribution is 0.0696. The van der Waals surface area contributed by atoms with Crippen LogP contribution >= 0.6 is 11.3 Å². The summed E-state index contributed by atoms with van der Waals surface area (Å²) in [5, 5.41) is 9.28. The molecule has 0 fully saturated rings. The number of carboxylic acid groups (broad SMARTS) is 1. The molecule has 2 N–H and O–H groups in total. The SMILES string of the molecule is Cc1cnc(NS(=O)(=O)c2cccc(C(=O)O)c2C)s1.